The van der Waals surface area contributed by atoms with Crippen molar-refractivity contribution in [2.45, 2.75) is 68.9 Å². The lowest BCUT2D eigenvalue weighted by Gasteiger charge is -2.16. The summed E-state index contributed by atoms with van der Waals surface area (Å²) < 4.78 is 5.13. The standard InChI is InChI=1S/C39H41N3O5S2/c1-4-32(37(45)42-38-34(39(46)47-3)30-17-10-5-6-11-18-33(30)49-38)48-29-16-12-15-28(24-29)40-36(44)31(23-26-21-19-25(2)20-22-26)41-35(43)27-13-8-7-9-14-27/h7-9,12-16,19-24,32H,4-6,10-11,17-18H2,1-3H3,(H,40,44)(H,41,43)(H,42,45)/b31-23+. The first kappa shape index (κ1) is 35.6. The highest BCUT2D eigenvalue weighted by Gasteiger charge is 2.28. The van der Waals surface area contributed by atoms with E-state index < -0.39 is 23.0 Å². The van der Waals surface area contributed by atoms with Crippen LogP contribution in [0.3, 0.4) is 0 Å². The van der Waals surface area contributed by atoms with Crippen LogP contribution in [-0.4, -0.2) is 36.1 Å². The van der Waals surface area contributed by atoms with Crippen LogP contribution in [0.15, 0.2) is 89.5 Å². The van der Waals surface area contributed by atoms with Crippen molar-refractivity contribution in [3.8, 4) is 0 Å². The van der Waals surface area contributed by atoms with Crippen molar-refractivity contribution in [2.24, 2.45) is 0 Å². The largest absolute Gasteiger partial charge is 0.465 e. The lowest BCUT2D eigenvalue weighted by atomic mass is 9.96. The molecular formula is C39H41N3O5S2. The average molecular weight is 696 g/mol. The molecule has 0 aliphatic heterocycles. The van der Waals surface area contributed by atoms with Crippen molar-refractivity contribution in [1.29, 1.82) is 0 Å². The van der Waals surface area contributed by atoms with Crippen molar-refractivity contribution in [1.82, 2.24) is 5.32 Å². The minimum Gasteiger partial charge on any atom is -0.465 e. The second kappa shape index (κ2) is 17.1. The Kier molecular flexibility index (Phi) is 12.5. The maximum atomic E-state index is 13.6. The van der Waals surface area contributed by atoms with Crippen molar-refractivity contribution in [3.63, 3.8) is 0 Å². The average Bonchev–Trinajstić information content (AvgIpc) is 3.42. The number of nitrogens with one attached hydrogen (secondary N) is 3. The van der Waals surface area contributed by atoms with Gasteiger partial charge in [-0.05, 0) is 86.6 Å². The molecule has 0 saturated carbocycles. The van der Waals surface area contributed by atoms with Crippen LogP contribution in [0.1, 0.15) is 81.3 Å². The Morgan fingerprint density at radius 1 is 0.898 bits per heavy atom. The number of thiophene rings is 1. The van der Waals surface area contributed by atoms with Crippen molar-refractivity contribution in [3.05, 3.63) is 117 Å². The Morgan fingerprint density at radius 3 is 2.35 bits per heavy atom. The highest BCUT2D eigenvalue weighted by atomic mass is 32.2. The fourth-order valence-electron chi connectivity index (χ4n) is 5.62. The van der Waals surface area contributed by atoms with Crippen LogP contribution >= 0.6 is 23.1 Å². The van der Waals surface area contributed by atoms with Crippen LogP contribution in [0.2, 0.25) is 0 Å². The van der Waals surface area contributed by atoms with Gasteiger partial charge in [-0.3, -0.25) is 14.4 Å². The summed E-state index contributed by atoms with van der Waals surface area (Å²) in [7, 11) is 1.37. The van der Waals surface area contributed by atoms with Gasteiger partial charge in [0.15, 0.2) is 0 Å². The topological polar surface area (TPSA) is 114 Å². The first-order chi connectivity index (χ1) is 23.7. The summed E-state index contributed by atoms with van der Waals surface area (Å²) in [6.07, 6.45) is 8.22. The highest BCUT2D eigenvalue weighted by molar-refractivity contribution is 8.00. The molecule has 8 nitrogen and oxygen atoms in total. The van der Waals surface area contributed by atoms with Gasteiger partial charge in [-0.15, -0.1) is 23.1 Å². The molecule has 1 atom stereocenters. The van der Waals surface area contributed by atoms with Crippen LogP contribution in [0, 0.1) is 6.92 Å². The van der Waals surface area contributed by atoms with Crippen LogP contribution in [0.4, 0.5) is 10.7 Å². The zero-order chi connectivity index (χ0) is 34.8. The SMILES string of the molecule is CCC(Sc1cccc(NC(=O)/C(=C\c2ccc(C)cc2)NC(=O)c2ccccc2)c1)C(=O)Nc1sc2c(c1C(=O)OC)CCCCCC2. The van der Waals surface area contributed by atoms with Gasteiger partial charge in [0.25, 0.3) is 11.8 Å². The number of fused-ring (bicyclic) bond motifs is 1. The van der Waals surface area contributed by atoms with E-state index in [2.05, 4.69) is 16.0 Å². The summed E-state index contributed by atoms with van der Waals surface area (Å²) in [6, 6.07) is 23.6. The van der Waals surface area contributed by atoms with E-state index in [1.54, 1.807) is 42.5 Å². The molecule has 4 aromatic rings. The zero-order valence-electron chi connectivity index (χ0n) is 28.0. The van der Waals surface area contributed by atoms with Crippen molar-refractivity contribution in [2.75, 3.05) is 17.7 Å². The Labute approximate surface area is 295 Å². The molecule has 0 fully saturated rings. The smallest absolute Gasteiger partial charge is 0.341 e. The van der Waals surface area contributed by atoms with Gasteiger partial charge in [-0.2, -0.15) is 0 Å². The number of amides is 3. The number of anilines is 2. The second-order valence-electron chi connectivity index (χ2n) is 11.9. The lowest BCUT2D eigenvalue weighted by molar-refractivity contribution is -0.116. The van der Waals surface area contributed by atoms with Crippen LogP contribution in [-0.2, 0) is 27.2 Å². The molecule has 254 valence electrons. The van der Waals surface area contributed by atoms with E-state index in [9.17, 15) is 19.2 Å². The number of carbonyl (C=O) groups excluding carboxylic acids is 4. The van der Waals surface area contributed by atoms with Gasteiger partial charge in [-0.1, -0.05) is 73.9 Å². The number of methoxy groups -OCH3 is 1. The maximum absolute atomic E-state index is 13.6. The molecule has 0 bridgehead atoms. The predicted molar refractivity (Wildman–Crippen MR) is 198 cm³/mol. The summed E-state index contributed by atoms with van der Waals surface area (Å²) in [4.78, 5) is 55.0. The number of thioether (sulfide) groups is 1. The second-order valence-corrected chi connectivity index (χ2v) is 14.3. The van der Waals surface area contributed by atoms with Gasteiger partial charge in [0, 0.05) is 21.0 Å². The van der Waals surface area contributed by atoms with E-state index in [-0.39, 0.29) is 11.6 Å². The van der Waals surface area contributed by atoms with Gasteiger partial charge in [0.1, 0.15) is 10.7 Å². The molecule has 0 saturated heterocycles. The quantitative estimate of drug-likeness (QED) is 0.0825. The number of aryl methyl sites for hydroxylation is 2. The lowest BCUT2D eigenvalue weighted by Crippen LogP contribution is -2.30. The molecule has 1 aliphatic rings. The monoisotopic (exact) mass is 695 g/mol. The molecule has 3 amide bonds. The summed E-state index contributed by atoms with van der Waals surface area (Å²) in [5.41, 5.74) is 4.36. The minimum absolute atomic E-state index is 0.0908. The van der Waals surface area contributed by atoms with Crippen LogP contribution in [0.25, 0.3) is 6.08 Å². The third-order valence-corrected chi connectivity index (χ3v) is 10.8. The third kappa shape index (κ3) is 9.49. The minimum atomic E-state index is -0.486. The van der Waals surface area contributed by atoms with E-state index in [0.29, 0.717) is 28.2 Å². The Balaban J connectivity index is 1.32. The summed E-state index contributed by atoms with van der Waals surface area (Å²) in [5, 5.41) is 8.83. The molecule has 3 N–H and O–H groups in total. The van der Waals surface area contributed by atoms with Gasteiger partial charge >= 0.3 is 5.97 Å². The normalized spacial score (nSPS) is 13.7. The molecule has 0 radical (unpaired) electrons. The zero-order valence-corrected chi connectivity index (χ0v) is 29.6. The molecule has 1 aliphatic carbocycles. The molecule has 10 heteroatoms. The summed E-state index contributed by atoms with van der Waals surface area (Å²) >= 11 is 2.86. The first-order valence-electron chi connectivity index (χ1n) is 16.5. The summed E-state index contributed by atoms with van der Waals surface area (Å²) in [6.45, 7) is 3.92. The molecule has 49 heavy (non-hydrogen) atoms. The van der Waals surface area contributed by atoms with E-state index in [1.165, 1.54) is 30.2 Å². The molecule has 1 heterocycles. The fourth-order valence-corrected chi connectivity index (χ4v) is 7.92. The first-order valence-corrected chi connectivity index (χ1v) is 18.2. The van der Waals surface area contributed by atoms with Crippen LogP contribution in [0.5, 0.6) is 0 Å². The Hall–Kier alpha value is -4.67. The maximum Gasteiger partial charge on any atom is 0.341 e. The van der Waals surface area contributed by atoms with E-state index in [4.69, 9.17) is 4.74 Å². The molecule has 1 aromatic heterocycles. The van der Waals surface area contributed by atoms with Gasteiger partial charge < -0.3 is 20.7 Å². The third-order valence-electron chi connectivity index (χ3n) is 8.25. The molecule has 1 unspecified atom stereocenters. The van der Waals surface area contributed by atoms with E-state index in [0.717, 1.165) is 65.0 Å². The van der Waals surface area contributed by atoms with E-state index >= 15 is 0 Å². The molecular weight excluding hydrogens is 655 g/mol. The number of hydrogen-bond donors (Lipinski definition) is 3. The number of hydrogen-bond acceptors (Lipinski definition) is 7. The Bertz CT molecular complexity index is 1830. The van der Waals surface area contributed by atoms with Crippen LogP contribution < -0.4 is 16.0 Å². The number of esters is 1. The predicted octanol–water partition coefficient (Wildman–Crippen LogP) is 8.42. The number of ether oxygens (including phenoxy) is 1. The van der Waals surface area contributed by atoms with Gasteiger partial charge in [-0.25, -0.2) is 4.79 Å². The molecule has 5 rings (SSSR count). The molecule has 3 aromatic carbocycles. The van der Waals surface area contributed by atoms with E-state index in [1.807, 2.05) is 56.3 Å². The van der Waals surface area contributed by atoms with Gasteiger partial charge in [0.2, 0.25) is 5.91 Å². The Morgan fingerprint density at radius 2 is 1.63 bits per heavy atom. The molecule has 0 spiro atoms. The van der Waals surface area contributed by atoms with Crippen molar-refractivity contribution < 1.29 is 23.9 Å². The fraction of sp³-hybridized carbons (Fsp3) is 0.282. The van der Waals surface area contributed by atoms with Gasteiger partial charge in [0.05, 0.1) is 17.9 Å². The highest BCUT2D eigenvalue weighted by Crippen LogP contribution is 2.38. The van der Waals surface area contributed by atoms with Crippen molar-refractivity contribution >= 4 is 63.6 Å². The number of benzene rings is 3. The number of rotatable bonds is 11. The summed E-state index contributed by atoms with van der Waals surface area (Å²) in [5.74, 6) is -1.51. The number of carbonyl (C=O) groups is 4.